The van der Waals surface area contributed by atoms with Crippen LogP contribution in [0.15, 0.2) is 29.3 Å². The van der Waals surface area contributed by atoms with Crippen molar-refractivity contribution in [2.75, 3.05) is 26.8 Å². The Hall–Kier alpha value is -0.890. The molecule has 1 aromatic carbocycles. The lowest BCUT2D eigenvalue weighted by atomic mass is 10.2. The molecule has 6 heteroatoms. The molecule has 0 unspecified atom stereocenters. The fraction of sp³-hybridized carbons (Fsp3) is 0.562. The van der Waals surface area contributed by atoms with E-state index in [2.05, 4.69) is 22.5 Å². The van der Waals surface area contributed by atoms with Crippen molar-refractivity contribution in [2.45, 2.75) is 32.7 Å². The number of benzene rings is 1. The fourth-order valence-electron chi connectivity index (χ4n) is 1.78. The summed E-state index contributed by atoms with van der Waals surface area (Å²) in [7, 11) is 1.72. The number of unbranched alkanes of at least 4 members (excludes halogenated alkanes) is 1. The van der Waals surface area contributed by atoms with E-state index in [0.717, 1.165) is 44.6 Å². The first kappa shape index (κ1) is 21.1. The minimum absolute atomic E-state index is 0. The summed E-state index contributed by atoms with van der Waals surface area (Å²) in [4.78, 5) is 4.13. The normalized spacial score (nSPS) is 11.0. The Morgan fingerprint density at radius 3 is 2.68 bits per heavy atom. The summed E-state index contributed by atoms with van der Waals surface area (Å²) in [6, 6.07) is 6.54. The summed E-state index contributed by atoms with van der Waals surface area (Å²) < 4.78 is 18.6. The van der Waals surface area contributed by atoms with Crippen molar-refractivity contribution < 1.29 is 9.13 Å². The SMILES string of the molecule is CCCCOCCCNC(=NC)NCc1cccc(F)c1.I. The van der Waals surface area contributed by atoms with Gasteiger partial charge in [-0.05, 0) is 30.5 Å². The van der Waals surface area contributed by atoms with Gasteiger partial charge in [0.15, 0.2) is 5.96 Å². The Morgan fingerprint density at radius 2 is 2.00 bits per heavy atom. The molecule has 4 nitrogen and oxygen atoms in total. The number of aliphatic imine (C=N–C) groups is 1. The van der Waals surface area contributed by atoms with Crippen molar-refractivity contribution in [1.29, 1.82) is 0 Å². The lowest BCUT2D eigenvalue weighted by Gasteiger charge is -2.12. The molecule has 0 aliphatic heterocycles. The van der Waals surface area contributed by atoms with Crippen LogP contribution in [0, 0.1) is 5.82 Å². The van der Waals surface area contributed by atoms with Crippen LogP contribution in [0.4, 0.5) is 4.39 Å². The van der Waals surface area contributed by atoms with E-state index in [4.69, 9.17) is 4.74 Å². The molecule has 126 valence electrons. The topological polar surface area (TPSA) is 45.6 Å². The van der Waals surface area contributed by atoms with Crippen LogP contribution in [0.1, 0.15) is 31.7 Å². The number of hydrogen-bond acceptors (Lipinski definition) is 2. The Balaban J connectivity index is 0.00000441. The van der Waals surface area contributed by atoms with Crippen LogP contribution in [0.2, 0.25) is 0 Å². The highest BCUT2D eigenvalue weighted by Gasteiger charge is 1.99. The smallest absolute Gasteiger partial charge is 0.191 e. The lowest BCUT2D eigenvalue weighted by Crippen LogP contribution is -2.37. The zero-order valence-corrected chi connectivity index (χ0v) is 15.7. The van der Waals surface area contributed by atoms with Crippen molar-refractivity contribution in [1.82, 2.24) is 10.6 Å². The molecule has 0 aliphatic carbocycles. The van der Waals surface area contributed by atoms with Crippen molar-refractivity contribution in [3.8, 4) is 0 Å². The van der Waals surface area contributed by atoms with Crippen molar-refractivity contribution in [3.05, 3.63) is 35.6 Å². The second-order valence-corrected chi connectivity index (χ2v) is 4.80. The summed E-state index contributed by atoms with van der Waals surface area (Å²) >= 11 is 0. The monoisotopic (exact) mass is 423 g/mol. The van der Waals surface area contributed by atoms with Crippen molar-refractivity contribution in [3.63, 3.8) is 0 Å². The molecule has 0 heterocycles. The molecule has 0 amide bonds. The molecular formula is C16H27FIN3O. The minimum atomic E-state index is -0.221. The van der Waals surface area contributed by atoms with E-state index in [9.17, 15) is 4.39 Å². The number of nitrogens with zero attached hydrogens (tertiary/aromatic N) is 1. The largest absolute Gasteiger partial charge is 0.381 e. The van der Waals surface area contributed by atoms with E-state index in [1.165, 1.54) is 12.1 Å². The summed E-state index contributed by atoms with van der Waals surface area (Å²) in [5.41, 5.74) is 0.890. The second-order valence-electron chi connectivity index (χ2n) is 4.80. The maximum absolute atomic E-state index is 13.1. The van der Waals surface area contributed by atoms with Gasteiger partial charge in [-0.2, -0.15) is 0 Å². The van der Waals surface area contributed by atoms with Crippen LogP contribution >= 0.6 is 24.0 Å². The number of guanidine groups is 1. The zero-order chi connectivity index (χ0) is 15.3. The molecule has 2 N–H and O–H groups in total. The van der Waals surface area contributed by atoms with Crippen LogP contribution in [0.5, 0.6) is 0 Å². The zero-order valence-electron chi connectivity index (χ0n) is 13.4. The van der Waals surface area contributed by atoms with Gasteiger partial charge in [0.05, 0.1) is 0 Å². The highest BCUT2D eigenvalue weighted by molar-refractivity contribution is 14.0. The number of halogens is 2. The number of rotatable bonds is 9. The first-order valence-electron chi connectivity index (χ1n) is 7.53. The quantitative estimate of drug-likeness (QED) is 0.277. The first-order chi connectivity index (χ1) is 10.3. The van der Waals surface area contributed by atoms with Gasteiger partial charge in [0, 0.05) is 33.4 Å². The maximum Gasteiger partial charge on any atom is 0.191 e. The summed E-state index contributed by atoms with van der Waals surface area (Å²) in [6.45, 7) is 5.09. The number of hydrogen-bond donors (Lipinski definition) is 2. The molecule has 0 aromatic heterocycles. The van der Waals surface area contributed by atoms with E-state index in [1.54, 1.807) is 13.1 Å². The molecular weight excluding hydrogens is 396 g/mol. The molecule has 0 saturated carbocycles. The Labute approximate surface area is 149 Å². The molecule has 1 rings (SSSR count). The van der Waals surface area contributed by atoms with E-state index in [0.29, 0.717) is 12.5 Å². The van der Waals surface area contributed by atoms with E-state index in [-0.39, 0.29) is 29.8 Å². The molecule has 1 aromatic rings. The molecule has 0 radical (unpaired) electrons. The average molecular weight is 423 g/mol. The van der Waals surface area contributed by atoms with Crippen LogP contribution < -0.4 is 10.6 Å². The molecule has 0 fully saturated rings. The van der Waals surface area contributed by atoms with Gasteiger partial charge in [-0.25, -0.2) is 4.39 Å². The van der Waals surface area contributed by atoms with Gasteiger partial charge in [-0.3, -0.25) is 4.99 Å². The molecule has 0 saturated heterocycles. The van der Waals surface area contributed by atoms with E-state index >= 15 is 0 Å². The first-order valence-corrected chi connectivity index (χ1v) is 7.53. The van der Waals surface area contributed by atoms with Crippen molar-refractivity contribution in [2.24, 2.45) is 4.99 Å². The molecule has 22 heavy (non-hydrogen) atoms. The fourth-order valence-corrected chi connectivity index (χ4v) is 1.78. The van der Waals surface area contributed by atoms with Crippen molar-refractivity contribution >= 4 is 29.9 Å². The third kappa shape index (κ3) is 9.94. The predicted molar refractivity (Wildman–Crippen MR) is 100 cm³/mol. The van der Waals surface area contributed by atoms with Gasteiger partial charge in [0.2, 0.25) is 0 Å². The van der Waals surface area contributed by atoms with Crippen LogP contribution in [-0.2, 0) is 11.3 Å². The Bertz CT molecular complexity index is 430. The Morgan fingerprint density at radius 1 is 1.23 bits per heavy atom. The molecule has 0 aliphatic rings. The van der Waals surface area contributed by atoms with Crippen LogP contribution in [0.25, 0.3) is 0 Å². The number of nitrogens with one attached hydrogen (secondary N) is 2. The molecule has 0 atom stereocenters. The second kappa shape index (κ2) is 13.8. The molecule has 0 spiro atoms. The average Bonchev–Trinajstić information content (AvgIpc) is 2.49. The summed E-state index contributed by atoms with van der Waals surface area (Å²) in [6.07, 6.45) is 3.21. The Kier molecular flexibility index (Phi) is 13.2. The predicted octanol–water partition coefficient (Wildman–Crippen LogP) is 3.32. The van der Waals surface area contributed by atoms with Gasteiger partial charge in [-0.15, -0.1) is 24.0 Å². The van der Waals surface area contributed by atoms with Gasteiger partial charge in [-0.1, -0.05) is 25.5 Å². The van der Waals surface area contributed by atoms with Gasteiger partial charge >= 0.3 is 0 Å². The standard InChI is InChI=1S/C16H26FN3O.HI/c1-3-4-10-21-11-6-9-19-16(18-2)20-13-14-7-5-8-15(17)12-14;/h5,7-8,12H,3-4,6,9-11,13H2,1-2H3,(H2,18,19,20);1H. The summed E-state index contributed by atoms with van der Waals surface area (Å²) in [5.74, 6) is 0.495. The summed E-state index contributed by atoms with van der Waals surface area (Å²) in [5, 5.41) is 6.37. The third-order valence-corrected chi connectivity index (χ3v) is 2.97. The third-order valence-electron chi connectivity index (χ3n) is 2.97. The minimum Gasteiger partial charge on any atom is -0.381 e. The van der Waals surface area contributed by atoms with Gasteiger partial charge in [0.1, 0.15) is 5.82 Å². The van der Waals surface area contributed by atoms with E-state index < -0.39 is 0 Å². The number of ether oxygens (including phenoxy) is 1. The molecule has 0 bridgehead atoms. The van der Waals surface area contributed by atoms with Gasteiger partial charge in [0.25, 0.3) is 0 Å². The maximum atomic E-state index is 13.1. The van der Waals surface area contributed by atoms with E-state index in [1.807, 2.05) is 6.07 Å². The highest BCUT2D eigenvalue weighted by Crippen LogP contribution is 2.02. The van der Waals surface area contributed by atoms with Crippen LogP contribution in [-0.4, -0.2) is 32.8 Å². The lowest BCUT2D eigenvalue weighted by molar-refractivity contribution is 0.129. The van der Waals surface area contributed by atoms with Crippen LogP contribution in [0.3, 0.4) is 0 Å². The van der Waals surface area contributed by atoms with Gasteiger partial charge < -0.3 is 15.4 Å². The highest BCUT2D eigenvalue weighted by atomic mass is 127.